The minimum Gasteiger partial charge on any atom is -0.503 e. The van der Waals surface area contributed by atoms with E-state index in [-0.39, 0.29) is 5.57 Å². The number of carboxylic acid groups (broad SMARTS) is 1. The van der Waals surface area contributed by atoms with Gasteiger partial charge in [-0.15, -0.1) is 0 Å². The number of hydrogen-bond acceptors (Lipinski definition) is 6. The number of oxime groups is 1. The predicted octanol–water partition coefficient (Wildman–Crippen LogP) is 3.70. The smallest absolute Gasteiger partial charge is 0.339 e. The predicted molar refractivity (Wildman–Crippen MR) is 110 cm³/mol. The molecule has 0 saturated heterocycles. The van der Waals surface area contributed by atoms with E-state index in [4.69, 9.17) is 14.3 Å². The number of pyridine rings is 1. The molecule has 29 heavy (non-hydrogen) atoms. The molecular formula is C22H26N2O5. The summed E-state index contributed by atoms with van der Waals surface area (Å²) < 4.78 is 10.5. The molecule has 0 spiro atoms. The van der Waals surface area contributed by atoms with Gasteiger partial charge in [-0.2, -0.15) is 0 Å². The lowest BCUT2D eigenvalue weighted by Crippen LogP contribution is -2.05. The largest absolute Gasteiger partial charge is 0.503 e. The van der Waals surface area contributed by atoms with Gasteiger partial charge in [-0.1, -0.05) is 35.5 Å². The van der Waals surface area contributed by atoms with Gasteiger partial charge in [0, 0.05) is 24.5 Å². The first kappa shape index (κ1) is 22.1. The lowest BCUT2D eigenvalue weighted by Gasteiger charge is -2.10. The first-order valence-electron chi connectivity index (χ1n) is 9.38. The highest BCUT2D eigenvalue weighted by molar-refractivity contribution is 6.15. The first-order valence-corrected chi connectivity index (χ1v) is 9.38. The van der Waals surface area contributed by atoms with E-state index < -0.39 is 5.97 Å². The molecule has 0 aliphatic rings. The van der Waals surface area contributed by atoms with E-state index in [1.165, 1.54) is 13.4 Å². The third-order valence-corrected chi connectivity index (χ3v) is 3.97. The Morgan fingerprint density at radius 2 is 2.00 bits per heavy atom. The van der Waals surface area contributed by atoms with Crippen molar-refractivity contribution in [1.29, 1.82) is 0 Å². The van der Waals surface area contributed by atoms with Crippen LogP contribution in [0.4, 0.5) is 0 Å². The topological polar surface area (TPSA) is 90.2 Å². The number of aromatic nitrogens is 1. The summed E-state index contributed by atoms with van der Waals surface area (Å²) in [6.07, 6.45) is 6.97. The van der Waals surface area contributed by atoms with E-state index in [1.807, 2.05) is 30.3 Å². The van der Waals surface area contributed by atoms with Crippen LogP contribution >= 0.6 is 0 Å². The summed E-state index contributed by atoms with van der Waals surface area (Å²) in [5.74, 6) is -1.05. The molecule has 0 radical (unpaired) electrons. The van der Waals surface area contributed by atoms with Crippen LogP contribution in [0.5, 0.6) is 0 Å². The molecule has 2 rings (SSSR count). The third-order valence-electron chi connectivity index (χ3n) is 3.97. The second-order valence-corrected chi connectivity index (χ2v) is 6.12. The fourth-order valence-corrected chi connectivity index (χ4v) is 2.60. The SMILES string of the molecule is CO/C=C(/C(=O)O)c1ccccc1COCC/C=N/OCCCc1ccccn1. The zero-order valence-corrected chi connectivity index (χ0v) is 16.5. The molecule has 7 nitrogen and oxygen atoms in total. The van der Waals surface area contributed by atoms with Gasteiger partial charge < -0.3 is 19.4 Å². The van der Waals surface area contributed by atoms with Gasteiger partial charge in [0.15, 0.2) is 0 Å². The molecule has 0 unspecified atom stereocenters. The molecule has 1 aromatic carbocycles. The summed E-state index contributed by atoms with van der Waals surface area (Å²) >= 11 is 0. The van der Waals surface area contributed by atoms with E-state index in [1.54, 1.807) is 24.5 Å². The molecule has 1 heterocycles. The van der Waals surface area contributed by atoms with Crippen LogP contribution < -0.4 is 0 Å². The van der Waals surface area contributed by atoms with Crippen LogP contribution in [0.2, 0.25) is 0 Å². The summed E-state index contributed by atoms with van der Waals surface area (Å²) in [6, 6.07) is 13.0. The van der Waals surface area contributed by atoms with Crippen molar-refractivity contribution < 1.29 is 24.2 Å². The average Bonchev–Trinajstić information content (AvgIpc) is 2.74. The maximum atomic E-state index is 11.4. The number of hydrogen-bond donors (Lipinski definition) is 1. The maximum Gasteiger partial charge on any atom is 0.339 e. The molecule has 1 N–H and O–H groups in total. The van der Waals surface area contributed by atoms with E-state index in [9.17, 15) is 9.90 Å². The monoisotopic (exact) mass is 398 g/mol. The fraction of sp³-hybridized carbons (Fsp3) is 0.318. The second-order valence-electron chi connectivity index (χ2n) is 6.12. The summed E-state index contributed by atoms with van der Waals surface area (Å²) in [7, 11) is 1.42. The third kappa shape index (κ3) is 8.15. The maximum absolute atomic E-state index is 11.4. The first-order chi connectivity index (χ1) is 14.2. The number of aliphatic carboxylic acids is 1. The van der Waals surface area contributed by atoms with Crippen molar-refractivity contribution >= 4 is 17.8 Å². The Bertz CT molecular complexity index is 806. The molecule has 154 valence electrons. The minimum atomic E-state index is -1.05. The van der Waals surface area contributed by atoms with Gasteiger partial charge >= 0.3 is 5.97 Å². The number of ether oxygens (including phenoxy) is 2. The van der Waals surface area contributed by atoms with Crippen molar-refractivity contribution in [2.24, 2.45) is 5.16 Å². The van der Waals surface area contributed by atoms with Crippen molar-refractivity contribution in [3.05, 3.63) is 71.7 Å². The van der Waals surface area contributed by atoms with Crippen LogP contribution in [-0.2, 0) is 32.1 Å². The zero-order valence-electron chi connectivity index (χ0n) is 16.5. The highest BCUT2D eigenvalue weighted by Crippen LogP contribution is 2.20. The molecule has 0 fully saturated rings. The Hall–Kier alpha value is -3.19. The number of carbonyl (C=O) groups is 1. The van der Waals surface area contributed by atoms with Crippen molar-refractivity contribution in [3.8, 4) is 0 Å². The lowest BCUT2D eigenvalue weighted by molar-refractivity contribution is -0.130. The molecule has 0 aliphatic carbocycles. The zero-order chi connectivity index (χ0) is 20.7. The quantitative estimate of drug-likeness (QED) is 0.182. The number of methoxy groups -OCH3 is 1. The van der Waals surface area contributed by atoms with Gasteiger partial charge in [-0.25, -0.2) is 4.79 Å². The Kier molecular flexibility index (Phi) is 9.96. The summed E-state index contributed by atoms with van der Waals surface area (Å²) in [6.45, 7) is 1.28. The van der Waals surface area contributed by atoms with Gasteiger partial charge in [0.1, 0.15) is 12.2 Å². The molecule has 1 aromatic heterocycles. The van der Waals surface area contributed by atoms with Crippen LogP contribution in [0.15, 0.2) is 60.1 Å². The normalized spacial score (nSPS) is 11.6. The molecule has 0 aliphatic heterocycles. The van der Waals surface area contributed by atoms with Crippen LogP contribution in [0.1, 0.15) is 29.7 Å². The van der Waals surface area contributed by atoms with Gasteiger partial charge in [0.2, 0.25) is 0 Å². The van der Waals surface area contributed by atoms with Crippen LogP contribution in [0.25, 0.3) is 5.57 Å². The number of carboxylic acids is 1. The van der Waals surface area contributed by atoms with Crippen molar-refractivity contribution in [2.45, 2.75) is 25.9 Å². The van der Waals surface area contributed by atoms with Crippen LogP contribution in [0, 0.1) is 0 Å². The molecule has 7 heteroatoms. The number of aryl methyl sites for hydroxylation is 1. The van der Waals surface area contributed by atoms with E-state index >= 15 is 0 Å². The number of benzene rings is 1. The second kappa shape index (κ2) is 13.1. The number of nitrogens with zero attached hydrogens (tertiary/aromatic N) is 2. The average molecular weight is 398 g/mol. The Balaban J connectivity index is 1.66. The highest BCUT2D eigenvalue weighted by Gasteiger charge is 2.14. The molecule has 0 saturated carbocycles. The summed E-state index contributed by atoms with van der Waals surface area (Å²) in [5.41, 5.74) is 2.49. The minimum absolute atomic E-state index is 0.0902. The molecule has 0 amide bonds. The Morgan fingerprint density at radius 1 is 1.17 bits per heavy atom. The standard InChI is InChI=1S/C22H26N2O5/c1-27-17-21(22(25)26)20-11-3-2-8-18(20)16-28-14-7-13-24-29-15-6-10-19-9-4-5-12-23-19/h2-5,8-9,11-13,17H,6-7,10,14-16H2,1H3,(H,25,26)/b21-17+,24-13+. The molecule has 0 bridgehead atoms. The van der Waals surface area contributed by atoms with Crippen molar-refractivity contribution in [1.82, 2.24) is 4.98 Å². The Morgan fingerprint density at radius 3 is 2.76 bits per heavy atom. The van der Waals surface area contributed by atoms with Gasteiger partial charge in [-0.05, 0) is 36.1 Å². The number of rotatable bonds is 13. The van der Waals surface area contributed by atoms with E-state index in [0.29, 0.717) is 31.8 Å². The van der Waals surface area contributed by atoms with Crippen molar-refractivity contribution in [3.63, 3.8) is 0 Å². The van der Waals surface area contributed by atoms with Crippen molar-refractivity contribution in [2.75, 3.05) is 20.3 Å². The van der Waals surface area contributed by atoms with Gasteiger partial charge in [-0.3, -0.25) is 4.98 Å². The highest BCUT2D eigenvalue weighted by atomic mass is 16.6. The van der Waals surface area contributed by atoms with Crippen LogP contribution in [0.3, 0.4) is 0 Å². The van der Waals surface area contributed by atoms with Crippen LogP contribution in [-0.4, -0.2) is 42.6 Å². The lowest BCUT2D eigenvalue weighted by atomic mass is 10.0. The van der Waals surface area contributed by atoms with E-state index in [2.05, 4.69) is 10.1 Å². The summed E-state index contributed by atoms with van der Waals surface area (Å²) in [5, 5.41) is 13.3. The van der Waals surface area contributed by atoms with Gasteiger partial charge in [0.05, 0.1) is 26.6 Å². The molecular weight excluding hydrogens is 372 g/mol. The van der Waals surface area contributed by atoms with E-state index in [0.717, 1.165) is 24.1 Å². The molecule has 0 atom stereocenters. The fourth-order valence-electron chi connectivity index (χ4n) is 2.60. The molecule has 2 aromatic rings. The summed E-state index contributed by atoms with van der Waals surface area (Å²) in [4.78, 5) is 20.9. The Labute approximate surface area is 170 Å². The van der Waals surface area contributed by atoms with Gasteiger partial charge in [0.25, 0.3) is 0 Å².